The second-order valence-electron chi connectivity index (χ2n) is 7.17. The maximum Gasteiger partial charge on any atom is 0.119 e. The van der Waals surface area contributed by atoms with Crippen LogP contribution in [-0.4, -0.2) is 38.3 Å². The van der Waals surface area contributed by atoms with Crippen molar-refractivity contribution in [2.24, 2.45) is 0 Å². The van der Waals surface area contributed by atoms with E-state index in [2.05, 4.69) is 70.5 Å². The molecule has 0 N–H and O–H groups in total. The minimum atomic E-state index is 0.900. The van der Waals surface area contributed by atoms with Crippen molar-refractivity contribution in [2.45, 2.75) is 0 Å². The van der Waals surface area contributed by atoms with Crippen LogP contribution >= 0.6 is 0 Å². The summed E-state index contributed by atoms with van der Waals surface area (Å²) in [5, 5.41) is 2.47. The van der Waals surface area contributed by atoms with Gasteiger partial charge in [0.15, 0.2) is 0 Å². The molecule has 5 rings (SSSR count). The molecule has 0 radical (unpaired) electrons. The second kappa shape index (κ2) is 7.04. The molecule has 0 unspecified atom stereocenters. The van der Waals surface area contributed by atoms with Crippen molar-refractivity contribution in [1.82, 2.24) is 4.98 Å². The van der Waals surface area contributed by atoms with Gasteiger partial charge in [-0.1, -0.05) is 36.4 Å². The van der Waals surface area contributed by atoms with Gasteiger partial charge in [-0.2, -0.15) is 0 Å². The third-order valence-electron chi connectivity index (χ3n) is 5.59. The number of hydrogen-bond donors (Lipinski definition) is 0. The molecular formula is C24H23N3O. The largest absolute Gasteiger partial charge is 0.497 e. The van der Waals surface area contributed by atoms with Crippen LogP contribution in [0.1, 0.15) is 0 Å². The van der Waals surface area contributed by atoms with Crippen LogP contribution in [0.2, 0.25) is 0 Å². The van der Waals surface area contributed by atoms with Crippen molar-refractivity contribution in [3.05, 3.63) is 72.8 Å². The van der Waals surface area contributed by atoms with Crippen LogP contribution in [0, 0.1) is 0 Å². The number of benzene rings is 3. The SMILES string of the molecule is COc1ccc(N2CCN(c3c4ccccc4nc4ccccc34)CC2)cc1. The predicted octanol–water partition coefficient (Wildman–Crippen LogP) is 4.72. The maximum atomic E-state index is 5.28. The first-order chi connectivity index (χ1) is 13.8. The molecule has 2 heterocycles. The van der Waals surface area contributed by atoms with Crippen LogP contribution < -0.4 is 14.5 Å². The van der Waals surface area contributed by atoms with E-state index in [-0.39, 0.29) is 0 Å². The molecule has 1 aliphatic rings. The number of para-hydroxylation sites is 2. The lowest BCUT2D eigenvalue weighted by molar-refractivity contribution is 0.415. The summed E-state index contributed by atoms with van der Waals surface area (Å²) < 4.78 is 5.28. The Morgan fingerprint density at radius 3 is 1.79 bits per heavy atom. The molecular weight excluding hydrogens is 346 g/mol. The fourth-order valence-corrected chi connectivity index (χ4v) is 4.14. The van der Waals surface area contributed by atoms with Crippen LogP contribution in [-0.2, 0) is 0 Å². The lowest BCUT2D eigenvalue weighted by atomic mass is 10.1. The molecule has 1 aliphatic heterocycles. The van der Waals surface area contributed by atoms with E-state index in [0.717, 1.165) is 43.0 Å². The van der Waals surface area contributed by atoms with Crippen molar-refractivity contribution < 1.29 is 4.74 Å². The summed E-state index contributed by atoms with van der Waals surface area (Å²) in [4.78, 5) is 9.83. The first-order valence-electron chi connectivity index (χ1n) is 9.75. The highest BCUT2D eigenvalue weighted by atomic mass is 16.5. The molecule has 140 valence electrons. The molecule has 4 aromatic rings. The zero-order valence-corrected chi connectivity index (χ0v) is 16.0. The fraction of sp³-hybridized carbons (Fsp3) is 0.208. The molecule has 0 saturated carbocycles. The average Bonchev–Trinajstić information content (AvgIpc) is 2.77. The second-order valence-corrected chi connectivity index (χ2v) is 7.17. The molecule has 0 amide bonds. The van der Waals surface area contributed by atoms with E-state index in [1.165, 1.54) is 22.1 Å². The van der Waals surface area contributed by atoms with Crippen molar-refractivity contribution in [3.8, 4) is 5.75 Å². The Kier molecular flexibility index (Phi) is 4.24. The van der Waals surface area contributed by atoms with E-state index in [0.29, 0.717) is 0 Å². The molecule has 3 aromatic carbocycles. The number of pyridine rings is 1. The van der Waals surface area contributed by atoms with Crippen molar-refractivity contribution in [2.75, 3.05) is 43.1 Å². The van der Waals surface area contributed by atoms with E-state index in [4.69, 9.17) is 9.72 Å². The Balaban J connectivity index is 1.48. The molecule has 0 bridgehead atoms. The van der Waals surface area contributed by atoms with Gasteiger partial charge < -0.3 is 14.5 Å². The molecule has 0 atom stereocenters. The quantitative estimate of drug-likeness (QED) is 0.489. The maximum absolute atomic E-state index is 5.28. The normalized spacial score (nSPS) is 14.6. The molecule has 4 heteroatoms. The lowest BCUT2D eigenvalue weighted by Crippen LogP contribution is -2.46. The molecule has 1 fully saturated rings. The standard InChI is InChI=1S/C24H23N3O/c1-28-19-12-10-18(11-13-19)26-14-16-27(17-15-26)24-20-6-2-4-8-22(20)25-23-9-5-3-7-21(23)24/h2-13H,14-17H2,1H3. The van der Waals surface area contributed by atoms with E-state index in [1.807, 2.05) is 12.1 Å². The number of hydrogen-bond acceptors (Lipinski definition) is 4. The molecule has 0 spiro atoms. The highest BCUT2D eigenvalue weighted by Gasteiger charge is 2.21. The van der Waals surface area contributed by atoms with Crippen LogP contribution in [0.5, 0.6) is 5.75 Å². The fourth-order valence-electron chi connectivity index (χ4n) is 4.14. The van der Waals surface area contributed by atoms with Gasteiger partial charge in [0, 0.05) is 42.6 Å². The zero-order chi connectivity index (χ0) is 18.9. The van der Waals surface area contributed by atoms with Crippen LogP contribution in [0.4, 0.5) is 11.4 Å². The molecule has 1 saturated heterocycles. The average molecular weight is 369 g/mol. The number of ether oxygens (including phenoxy) is 1. The number of methoxy groups -OCH3 is 1. The monoisotopic (exact) mass is 369 g/mol. The predicted molar refractivity (Wildman–Crippen MR) is 117 cm³/mol. The molecule has 0 aliphatic carbocycles. The Morgan fingerprint density at radius 1 is 0.679 bits per heavy atom. The number of rotatable bonds is 3. The Hall–Kier alpha value is -3.27. The van der Waals surface area contributed by atoms with Crippen molar-refractivity contribution in [3.63, 3.8) is 0 Å². The first-order valence-corrected chi connectivity index (χ1v) is 9.75. The van der Waals surface area contributed by atoms with Gasteiger partial charge >= 0.3 is 0 Å². The van der Waals surface area contributed by atoms with Gasteiger partial charge in [-0.3, -0.25) is 0 Å². The molecule has 1 aromatic heterocycles. The number of nitrogens with zero attached hydrogens (tertiary/aromatic N) is 3. The summed E-state index contributed by atoms with van der Waals surface area (Å²) in [5.41, 5.74) is 4.70. The Bertz CT molecular complexity index is 1060. The van der Waals surface area contributed by atoms with E-state index in [9.17, 15) is 0 Å². The first kappa shape index (κ1) is 16.9. The van der Waals surface area contributed by atoms with Crippen LogP contribution in [0.25, 0.3) is 21.8 Å². The van der Waals surface area contributed by atoms with Gasteiger partial charge in [0.05, 0.1) is 23.8 Å². The Labute approximate surface area is 165 Å². The third-order valence-corrected chi connectivity index (χ3v) is 5.59. The van der Waals surface area contributed by atoms with Gasteiger partial charge in [-0.25, -0.2) is 4.98 Å². The molecule has 28 heavy (non-hydrogen) atoms. The van der Waals surface area contributed by atoms with Crippen LogP contribution in [0.15, 0.2) is 72.8 Å². The van der Waals surface area contributed by atoms with Gasteiger partial charge in [0.2, 0.25) is 0 Å². The summed E-state index contributed by atoms with van der Waals surface area (Å²) in [6.45, 7) is 3.97. The van der Waals surface area contributed by atoms with Gasteiger partial charge in [0.1, 0.15) is 5.75 Å². The highest BCUT2D eigenvalue weighted by Crippen LogP contribution is 2.34. The number of fused-ring (bicyclic) bond motifs is 2. The smallest absolute Gasteiger partial charge is 0.119 e. The minimum absolute atomic E-state index is 0.900. The number of piperazine rings is 1. The topological polar surface area (TPSA) is 28.6 Å². The summed E-state index contributed by atoms with van der Waals surface area (Å²) in [6, 6.07) is 25.3. The summed E-state index contributed by atoms with van der Waals surface area (Å²) in [7, 11) is 1.71. The zero-order valence-electron chi connectivity index (χ0n) is 16.0. The van der Waals surface area contributed by atoms with Gasteiger partial charge in [-0.05, 0) is 36.4 Å². The summed E-state index contributed by atoms with van der Waals surface area (Å²) in [6.07, 6.45) is 0. The highest BCUT2D eigenvalue weighted by molar-refractivity contribution is 6.07. The van der Waals surface area contributed by atoms with E-state index in [1.54, 1.807) is 7.11 Å². The van der Waals surface area contributed by atoms with E-state index >= 15 is 0 Å². The number of aromatic nitrogens is 1. The third kappa shape index (κ3) is 2.91. The number of anilines is 2. The van der Waals surface area contributed by atoms with Gasteiger partial charge in [-0.15, -0.1) is 0 Å². The summed E-state index contributed by atoms with van der Waals surface area (Å²) in [5.74, 6) is 0.900. The van der Waals surface area contributed by atoms with Crippen molar-refractivity contribution in [1.29, 1.82) is 0 Å². The van der Waals surface area contributed by atoms with Gasteiger partial charge in [0.25, 0.3) is 0 Å². The Morgan fingerprint density at radius 2 is 1.21 bits per heavy atom. The summed E-state index contributed by atoms with van der Waals surface area (Å²) >= 11 is 0. The van der Waals surface area contributed by atoms with Crippen molar-refractivity contribution >= 4 is 33.2 Å². The van der Waals surface area contributed by atoms with Crippen LogP contribution in [0.3, 0.4) is 0 Å². The van der Waals surface area contributed by atoms with E-state index < -0.39 is 0 Å². The molecule has 4 nitrogen and oxygen atoms in total. The minimum Gasteiger partial charge on any atom is -0.497 e. The lowest BCUT2D eigenvalue weighted by Gasteiger charge is -2.38.